The van der Waals surface area contributed by atoms with Gasteiger partial charge in [-0.2, -0.15) is 0 Å². The summed E-state index contributed by atoms with van der Waals surface area (Å²) in [6, 6.07) is 8.18. The number of hydrogen-bond acceptors (Lipinski definition) is 3. The van der Waals surface area contributed by atoms with Gasteiger partial charge in [0.1, 0.15) is 6.61 Å². The molecule has 0 aliphatic rings. The molecule has 0 bridgehead atoms. The van der Waals surface area contributed by atoms with Gasteiger partial charge in [-0.1, -0.05) is 40.9 Å². The lowest BCUT2D eigenvalue weighted by Gasteiger charge is -2.14. The SMILES string of the molecule is COc1cc(Cl)cc(C=O)c1OCc1ccc(Cl)cc1Cl. The molecule has 0 aliphatic carbocycles. The monoisotopic (exact) mass is 344 g/mol. The molecule has 0 heterocycles. The molecule has 0 unspecified atom stereocenters. The summed E-state index contributed by atoms with van der Waals surface area (Å²) in [4.78, 5) is 11.1. The fourth-order valence-electron chi connectivity index (χ4n) is 1.77. The van der Waals surface area contributed by atoms with E-state index in [1.54, 1.807) is 24.3 Å². The van der Waals surface area contributed by atoms with Gasteiger partial charge in [0.25, 0.3) is 0 Å². The smallest absolute Gasteiger partial charge is 0.172 e. The van der Waals surface area contributed by atoms with E-state index >= 15 is 0 Å². The number of methoxy groups -OCH3 is 1. The minimum absolute atomic E-state index is 0.175. The maximum absolute atomic E-state index is 11.1. The predicted molar refractivity (Wildman–Crippen MR) is 84.2 cm³/mol. The van der Waals surface area contributed by atoms with Crippen LogP contribution in [-0.4, -0.2) is 13.4 Å². The van der Waals surface area contributed by atoms with E-state index in [0.29, 0.717) is 38.4 Å². The lowest BCUT2D eigenvalue weighted by Crippen LogP contribution is -2.01. The number of benzene rings is 2. The van der Waals surface area contributed by atoms with Crippen LogP contribution >= 0.6 is 34.8 Å². The Balaban J connectivity index is 2.29. The highest BCUT2D eigenvalue weighted by atomic mass is 35.5. The van der Waals surface area contributed by atoms with Crippen molar-refractivity contribution in [2.24, 2.45) is 0 Å². The van der Waals surface area contributed by atoms with Crippen LogP contribution in [0.3, 0.4) is 0 Å². The van der Waals surface area contributed by atoms with E-state index in [4.69, 9.17) is 44.3 Å². The van der Waals surface area contributed by atoms with Crippen molar-refractivity contribution in [2.75, 3.05) is 7.11 Å². The molecule has 3 nitrogen and oxygen atoms in total. The summed E-state index contributed by atoms with van der Waals surface area (Å²) in [5.74, 6) is 0.706. The Labute approximate surface area is 137 Å². The zero-order chi connectivity index (χ0) is 15.4. The molecule has 0 saturated heterocycles. The van der Waals surface area contributed by atoms with Gasteiger partial charge in [0.15, 0.2) is 17.8 Å². The maximum atomic E-state index is 11.1. The van der Waals surface area contributed by atoms with Crippen LogP contribution in [0.15, 0.2) is 30.3 Å². The Bertz CT molecular complexity index is 671. The summed E-state index contributed by atoms with van der Waals surface area (Å²) >= 11 is 17.8. The van der Waals surface area contributed by atoms with Crippen LogP contribution in [-0.2, 0) is 6.61 Å². The van der Waals surface area contributed by atoms with Gasteiger partial charge in [0.05, 0.1) is 12.7 Å². The lowest BCUT2D eigenvalue weighted by atomic mass is 10.2. The third-order valence-corrected chi connectivity index (χ3v) is 3.59. The largest absolute Gasteiger partial charge is 0.493 e. The summed E-state index contributed by atoms with van der Waals surface area (Å²) in [5.41, 5.74) is 1.05. The van der Waals surface area contributed by atoms with E-state index in [1.165, 1.54) is 13.2 Å². The molecule has 6 heteroatoms. The first kappa shape index (κ1) is 16.0. The highest BCUT2D eigenvalue weighted by molar-refractivity contribution is 6.35. The minimum Gasteiger partial charge on any atom is -0.493 e. The number of hydrogen-bond donors (Lipinski definition) is 0. The molecule has 0 aromatic heterocycles. The second-order valence-corrected chi connectivity index (χ2v) is 5.45. The zero-order valence-corrected chi connectivity index (χ0v) is 13.3. The number of halogens is 3. The first-order valence-corrected chi connectivity index (χ1v) is 7.08. The van der Waals surface area contributed by atoms with Crippen LogP contribution in [0.25, 0.3) is 0 Å². The van der Waals surface area contributed by atoms with Crippen molar-refractivity contribution < 1.29 is 14.3 Å². The average molecular weight is 346 g/mol. The summed E-state index contributed by atoms with van der Waals surface area (Å²) in [7, 11) is 1.47. The molecule has 21 heavy (non-hydrogen) atoms. The molecule has 0 saturated carbocycles. The maximum Gasteiger partial charge on any atom is 0.172 e. The van der Waals surface area contributed by atoms with E-state index in [9.17, 15) is 4.79 Å². The Hall–Kier alpha value is -1.42. The number of carbonyl (C=O) groups excluding carboxylic acids is 1. The first-order chi connectivity index (χ1) is 10.0. The van der Waals surface area contributed by atoms with Crippen molar-refractivity contribution in [2.45, 2.75) is 6.61 Å². The standard InChI is InChI=1S/C15H11Cl3O3/c1-20-14-6-12(17)4-10(7-19)15(14)21-8-9-2-3-11(16)5-13(9)18/h2-7H,8H2,1H3. The molecule has 0 aliphatic heterocycles. The van der Waals surface area contributed by atoms with Crippen molar-refractivity contribution in [3.63, 3.8) is 0 Å². The number of ether oxygens (including phenoxy) is 2. The van der Waals surface area contributed by atoms with Gasteiger partial charge >= 0.3 is 0 Å². The molecule has 0 spiro atoms. The lowest BCUT2D eigenvalue weighted by molar-refractivity contribution is 0.111. The van der Waals surface area contributed by atoms with Gasteiger partial charge < -0.3 is 9.47 Å². The minimum atomic E-state index is 0.175. The molecule has 2 aromatic rings. The highest BCUT2D eigenvalue weighted by Gasteiger charge is 2.13. The normalized spacial score (nSPS) is 10.3. The van der Waals surface area contributed by atoms with Gasteiger partial charge in [-0.15, -0.1) is 0 Å². The van der Waals surface area contributed by atoms with Crippen LogP contribution < -0.4 is 9.47 Å². The molecular formula is C15H11Cl3O3. The molecule has 2 aromatic carbocycles. The second kappa shape index (κ2) is 7.03. The van der Waals surface area contributed by atoms with Crippen LogP contribution in [0.5, 0.6) is 11.5 Å². The summed E-state index contributed by atoms with van der Waals surface area (Å²) in [6.07, 6.45) is 0.660. The van der Waals surface area contributed by atoms with E-state index in [2.05, 4.69) is 0 Å². The second-order valence-electron chi connectivity index (χ2n) is 4.17. The fraction of sp³-hybridized carbons (Fsp3) is 0.133. The Morgan fingerprint density at radius 1 is 1.10 bits per heavy atom. The Kier molecular flexibility index (Phi) is 5.34. The third kappa shape index (κ3) is 3.82. The third-order valence-electron chi connectivity index (χ3n) is 2.78. The molecule has 110 valence electrons. The Morgan fingerprint density at radius 3 is 2.48 bits per heavy atom. The number of carbonyl (C=O) groups is 1. The predicted octanol–water partition coefficient (Wildman–Crippen LogP) is 5.05. The van der Waals surface area contributed by atoms with Crippen molar-refractivity contribution >= 4 is 41.1 Å². The molecule has 0 atom stereocenters. The fourth-order valence-corrected chi connectivity index (χ4v) is 2.45. The van der Waals surface area contributed by atoms with Crippen molar-refractivity contribution in [1.29, 1.82) is 0 Å². The number of aldehydes is 1. The first-order valence-electron chi connectivity index (χ1n) is 5.94. The van der Waals surface area contributed by atoms with Crippen LogP contribution in [0.1, 0.15) is 15.9 Å². The quantitative estimate of drug-likeness (QED) is 0.712. The van der Waals surface area contributed by atoms with Gasteiger partial charge in [-0.3, -0.25) is 4.79 Å². The van der Waals surface area contributed by atoms with E-state index in [-0.39, 0.29) is 6.61 Å². The van der Waals surface area contributed by atoms with Gasteiger partial charge in [-0.05, 0) is 18.2 Å². The summed E-state index contributed by atoms with van der Waals surface area (Å²) in [6.45, 7) is 0.175. The van der Waals surface area contributed by atoms with Crippen molar-refractivity contribution in [1.82, 2.24) is 0 Å². The molecule has 0 N–H and O–H groups in total. The van der Waals surface area contributed by atoms with Crippen LogP contribution in [0.4, 0.5) is 0 Å². The molecule has 0 fully saturated rings. The summed E-state index contributed by atoms with van der Waals surface area (Å²) < 4.78 is 10.9. The van der Waals surface area contributed by atoms with Crippen molar-refractivity contribution in [3.05, 3.63) is 56.5 Å². The average Bonchev–Trinajstić information content (AvgIpc) is 2.46. The van der Waals surface area contributed by atoms with Crippen LogP contribution in [0, 0.1) is 0 Å². The topological polar surface area (TPSA) is 35.5 Å². The van der Waals surface area contributed by atoms with Gasteiger partial charge in [-0.25, -0.2) is 0 Å². The zero-order valence-electron chi connectivity index (χ0n) is 11.0. The van der Waals surface area contributed by atoms with Crippen molar-refractivity contribution in [3.8, 4) is 11.5 Å². The molecule has 2 rings (SSSR count). The summed E-state index contributed by atoms with van der Waals surface area (Å²) in [5, 5.41) is 1.43. The Morgan fingerprint density at radius 2 is 1.86 bits per heavy atom. The molecular weight excluding hydrogens is 335 g/mol. The molecule has 0 radical (unpaired) electrons. The van der Waals surface area contributed by atoms with E-state index in [0.717, 1.165) is 5.56 Å². The van der Waals surface area contributed by atoms with Gasteiger partial charge in [0, 0.05) is 26.7 Å². The van der Waals surface area contributed by atoms with Crippen LogP contribution in [0.2, 0.25) is 15.1 Å². The highest BCUT2D eigenvalue weighted by Crippen LogP contribution is 2.35. The van der Waals surface area contributed by atoms with Gasteiger partial charge in [0.2, 0.25) is 0 Å². The molecule has 0 amide bonds. The number of rotatable bonds is 5. The van der Waals surface area contributed by atoms with E-state index in [1.807, 2.05) is 0 Å². The van der Waals surface area contributed by atoms with E-state index < -0.39 is 0 Å².